The number of aliphatic hydroxyl groups is 1. The van der Waals surface area contributed by atoms with Crippen molar-refractivity contribution in [2.45, 2.75) is 49.9 Å². The predicted octanol–water partition coefficient (Wildman–Crippen LogP) is -3.78. The minimum absolute atomic E-state index is 0.481. The highest BCUT2D eigenvalue weighted by Crippen LogP contribution is 2.06. The van der Waals surface area contributed by atoms with Gasteiger partial charge < -0.3 is 41.7 Å². The van der Waals surface area contributed by atoms with E-state index in [0.29, 0.717) is 19.4 Å². The fourth-order valence-corrected chi connectivity index (χ4v) is 2.68. The van der Waals surface area contributed by atoms with Gasteiger partial charge in [-0.15, -0.1) is 0 Å². The Balaban J connectivity index is 2.90. The quantitative estimate of drug-likeness (QED) is 0.149. The van der Waals surface area contributed by atoms with Crippen LogP contribution in [-0.2, 0) is 28.8 Å². The van der Waals surface area contributed by atoms with Crippen molar-refractivity contribution in [2.24, 2.45) is 0 Å². The molecule has 14 heteroatoms. The van der Waals surface area contributed by atoms with Gasteiger partial charge in [-0.3, -0.25) is 24.0 Å². The zero-order valence-corrected chi connectivity index (χ0v) is 15.8. The van der Waals surface area contributed by atoms with Crippen LogP contribution in [0.15, 0.2) is 0 Å². The first-order valence-corrected chi connectivity index (χ1v) is 8.96. The molecule has 8 N–H and O–H groups in total. The number of nitrogens with one attached hydrogen (secondary N) is 4. The van der Waals surface area contributed by atoms with Crippen LogP contribution < -0.4 is 21.3 Å². The SMILES string of the molecule is O=C(O)CC(NC(=O)C(CC(=O)O)NC(=O)C1CCCN1)C(=O)NC(CO)C(=O)O. The monoisotopic (exact) mass is 432 g/mol. The lowest BCUT2D eigenvalue weighted by atomic mass is 10.1. The zero-order valence-electron chi connectivity index (χ0n) is 15.8. The summed E-state index contributed by atoms with van der Waals surface area (Å²) in [5.74, 6) is -7.52. The largest absolute Gasteiger partial charge is 0.481 e. The number of carboxylic acids is 3. The number of aliphatic hydroxyl groups excluding tert-OH is 1. The lowest BCUT2D eigenvalue weighted by Gasteiger charge is -2.23. The summed E-state index contributed by atoms with van der Waals surface area (Å²) in [6.45, 7) is -0.411. The van der Waals surface area contributed by atoms with Crippen LogP contribution in [0.25, 0.3) is 0 Å². The van der Waals surface area contributed by atoms with Gasteiger partial charge in [0.2, 0.25) is 17.7 Å². The van der Waals surface area contributed by atoms with Crippen LogP contribution in [0.3, 0.4) is 0 Å². The minimum Gasteiger partial charge on any atom is -0.481 e. The van der Waals surface area contributed by atoms with E-state index in [4.69, 9.17) is 20.4 Å². The highest BCUT2D eigenvalue weighted by atomic mass is 16.4. The molecule has 4 unspecified atom stereocenters. The summed E-state index contributed by atoms with van der Waals surface area (Å²) in [5.41, 5.74) is 0. The second kappa shape index (κ2) is 11.7. The molecule has 1 aliphatic heterocycles. The Labute approximate surface area is 170 Å². The van der Waals surface area contributed by atoms with E-state index < -0.39 is 79.2 Å². The highest BCUT2D eigenvalue weighted by molar-refractivity contribution is 5.96. The second-order valence-corrected chi connectivity index (χ2v) is 6.55. The third kappa shape index (κ3) is 8.00. The molecular weight excluding hydrogens is 408 g/mol. The van der Waals surface area contributed by atoms with Gasteiger partial charge in [0, 0.05) is 0 Å². The molecule has 0 radical (unpaired) electrons. The molecular formula is C16H24N4O10. The number of aliphatic carboxylic acids is 3. The molecule has 3 amide bonds. The number of hydrogen-bond donors (Lipinski definition) is 8. The summed E-state index contributed by atoms with van der Waals surface area (Å²) >= 11 is 0. The van der Waals surface area contributed by atoms with Crippen LogP contribution in [0.1, 0.15) is 25.7 Å². The Morgan fingerprint density at radius 3 is 1.73 bits per heavy atom. The maximum atomic E-state index is 12.5. The van der Waals surface area contributed by atoms with E-state index in [1.807, 2.05) is 10.6 Å². The molecule has 1 rings (SSSR count). The van der Waals surface area contributed by atoms with E-state index >= 15 is 0 Å². The van der Waals surface area contributed by atoms with E-state index in [2.05, 4.69) is 10.6 Å². The molecule has 168 valence electrons. The molecule has 0 aromatic heterocycles. The summed E-state index contributed by atoms with van der Waals surface area (Å²) < 4.78 is 0. The van der Waals surface area contributed by atoms with Gasteiger partial charge in [-0.25, -0.2) is 4.79 Å². The van der Waals surface area contributed by atoms with Crippen LogP contribution in [0.4, 0.5) is 0 Å². The summed E-state index contributed by atoms with van der Waals surface area (Å²) in [6.07, 6.45) is -0.591. The molecule has 0 aliphatic carbocycles. The lowest BCUT2D eigenvalue weighted by Crippen LogP contribution is -2.58. The molecule has 14 nitrogen and oxygen atoms in total. The second-order valence-electron chi connectivity index (χ2n) is 6.55. The fraction of sp³-hybridized carbons (Fsp3) is 0.625. The molecule has 0 spiro atoms. The van der Waals surface area contributed by atoms with E-state index in [0.717, 1.165) is 0 Å². The Morgan fingerprint density at radius 1 is 0.833 bits per heavy atom. The molecule has 30 heavy (non-hydrogen) atoms. The summed E-state index contributed by atoms with van der Waals surface area (Å²) in [4.78, 5) is 69.8. The molecule has 1 aliphatic rings. The average molecular weight is 432 g/mol. The number of carbonyl (C=O) groups is 6. The number of rotatable bonds is 12. The van der Waals surface area contributed by atoms with Crippen molar-refractivity contribution in [3.63, 3.8) is 0 Å². The van der Waals surface area contributed by atoms with Gasteiger partial charge >= 0.3 is 17.9 Å². The van der Waals surface area contributed by atoms with Crippen LogP contribution in [0.5, 0.6) is 0 Å². The van der Waals surface area contributed by atoms with E-state index in [-0.39, 0.29) is 0 Å². The van der Waals surface area contributed by atoms with Crippen molar-refractivity contribution in [1.82, 2.24) is 21.3 Å². The Hall–Kier alpha value is -3.26. The van der Waals surface area contributed by atoms with Gasteiger partial charge in [-0.1, -0.05) is 0 Å². The molecule has 1 saturated heterocycles. The number of carboxylic acid groups (broad SMARTS) is 3. The van der Waals surface area contributed by atoms with E-state index in [9.17, 15) is 28.8 Å². The molecule has 0 bridgehead atoms. The van der Waals surface area contributed by atoms with Crippen LogP contribution in [0, 0.1) is 0 Å². The van der Waals surface area contributed by atoms with Gasteiger partial charge in [0.05, 0.1) is 25.5 Å². The van der Waals surface area contributed by atoms with Gasteiger partial charge in [0.15, 0.2) is 0 Å². The normalized spacial score (nSPS) is 18.5. The van der Waals surface area contributed by atoms with E-state index in [1.54, 1.807) is 0 Å². The Morgan fingerprint density at radius 2 is 1.33 bits per heavy atom. The topological polar surface area (TPSA) is 231 Å². The van der Waals surface area contributed by atoms with Crippen molar-refractivity contribution in [3.05, 3.63) is 0 Å². The van der Waals surface area contributed by atoms with E-state index in [1.165, 1.54) is 0 Å². The zero-order chi connectivity index (χ0) is 22.8. The summed E-state index contributed by atoms with van der Waals surface area (Å²) in [7, 11) is 0. The Bertz CT molecular complexity index is 692. The molecule has 4 atom stereocenters. The number of hydrogen-bond acceptors (Lipinski definition) is 8. The maximum Gasteiger partial charge on any atom is 0.328 e. The molecule has 1 heterocycles. The first-order chi connectivity index (χ1) is 14.0. The number of amides is 3. The number of carbonyl (C=O) groups excluding carboxylic acids is 3. The van der Waals surface area contributed by atoms with Crippen molar-refractivity contribution < 1.29 is 49.2 Å². The standard InChI is InChI=1S/C16H24N4O10/c21-6-10(16(29)30)20-15(28)9(5-12(24)25)19-14(27)8(4-11(22)23)18-13(26)7-2-1-3-17-7/h7-10,17,21H,1-6H2,(H,18,26)(H,19,27)(H,20,28)(H,22,23)(H,24,25)(H,29,30). The fourth-order valence-electron chi connectivity index (χ4n) is 2.68. The van der Waals surface area contributed by atoms with Crippen LogP contribution in [0.2, 0.25) is 0 Å². The predicted molar refractivity (Wildman–Crippen MR) is 96.0 cm³/mol. The molecule has 0 aromatic rings. The molecule has 0 aromatic carbocycles. The van der Waals surface area contributed by atoms with Crippen molar-refractivity contribution >= 4 is 35.6 Å². The first kappa shape index (κ1) is 24.8. The maximum absolute atomic E-state index is 12.5. The van der Waals surface area contributed by atoms with Gasteiger partial charge in [0.25, 0.3) is 0 Å². The minimum atomic E-state index is -1.78. The van der Waals surface area contributed by atoms with Gasteiger partial charge in [-0.05, 0) is 19.4 Å². The summed E-state index contributed by atoms with van der Waals surface area (Å²) in [6, 6.07) is -5.74. The molecule has 1 fully saturated rings. The lowest BCUT2D eigenvalue weighted by molar-refractivity contribution is -0.145. The van der Waals surface area contributed by atoms with Gasteiger partial charge in [-0.2, -0.15) is 0 Å². The van der Waals surface area contributed by atoms with Crippen LogP contribution in [-0.4, -0.2) is 93.4 Å². The third-order valence-corrected chi connectivity index (χ3v) is 4.20. The smallest absolute Gasteiger partial charge is 0.328 e. The van der Waals surface area contributed by atoms with Crippen molar-refractivity contribution in [1.29, 1.82) is 0 Å². The van der Waals surface area contributed by atoms with Crippen molar-refractivity contribution in [3.8, 4) is 0 Å². The van der Waals surface area contributed by atoms with Crippen LogP contribution >= 0.6 is 0 Å². The first-order valence-electron chi connectivity index (χ1n) is 8.96. The Kier molecular flexibility index (Phi) is 9.64. The van der Waals surface area contributed by atoms with Crippen molar-refractivity contribution in [2.75, 3.05) is 13.2 Å². The summed E-state index contributed by atoms with van der Waals surface area (Å²) in [5, 5.41) is 44.8. The van der Waals surface area contributed by atoms with Gasteiger partial charge in [0.1, 0.15) is 18.1 Å². The average Bonchev–Trinajstić information content (AvgIpc) is 3.18. The highest BCUT2D eigenvalue weighted by Gasteiger charge is 2.33. The molecule has 0 saturated carbocycles. The third-order valence-electron chi connectivity index (χ3n) is 4.20.